The van der Waals surface area contributed by atoms with Gasteiger partial charge >= 0.3 is 0 Å². The molecule has 3 aromatic rings. The summed E-state index contributed by atoms with van der Waals surface area (Å²) in [6.45, 7) is 4.58. The first-order chi connectivity index (χ1) is 11.8. The fraction of sp³-hybridized carbons (Fsp3) is 0.316. The third kappa shape index (κ3) is 4.10. The number of rotatable bonds is 6. The number of pyridine rings is 1. The Morgan fingerprint density at radius 3 is 2.80 bits per heavy atom. The van der Waals surface area contributed by atoms with Gasteiger partial charge in [-0.1, -0.05) is 6.07 Å². The molecule has 0 spiro atoms. The van der Waals surface area contributed by atoms with E-state index in [1.54, 1.807) is 30.5 Å². The summed E-state index contributed by atoms with van der Waals surface area (Å²) >= 11 is 0. The lowest BCUT2D eigenvalue weighted by Crippen LogP contribution is -2.43. The van der Waals surface area contributed by atoms with Crippen molar-refractivity contribution in [3.8, 4) is 5.75 Å². The van der Waals surface area contributed by atoms with Gasteiger partial charge in [-0.15, -0.1) is 0 Å². The molecule has 0 radical (unpaired) electrons. The smallest absolute Gasteiger partial charge is 0.123 e. The number of nitrogens with zero attached hydrogens (tertiary/aromatic N) is 1. The van der Waals surface area contributed by atoms with E-state index in [1.165, 1.54) is 0 Å². The minimum atomic E-state index is -0.653. The van der Waals surface area contributed by atoms with E-state index in [-0.39, 0.29) is 11.3 Å². The summed E-state index contributed by atoms with van der Waals surface area (Å²) < 4.78 is 0. The number of aliphatic hydroxyl groups is 1. The number of aromatic nitrogens is 2. The number of phenols is 1. The van der Waals surface area contributed by atoms with Gasteiger partial charge in [0.1, 0.15) is 11.6 Å². The van der Waals surface area contributed by atoms with Crippen molar-refractivity contribution in [2.75, 3.05) is 12.3 Å². The van der Waals surface area contributed by atoms with E-state index in [1.807, 2.05) is 12.3 Å². The van der Waals surface area contributed by atoms with Crippen LogP contribution in [-0.4, -0.2) is 32.3 Å². The SMILES string of the molecule is CC(C)(Cc1c[nH]c2ccc(O)cc12)NCC(O)c1ccc(N)nc1. The van der Waals surface area contributed by atoms with E-state index in [2.05, 4.69) is 29.1 Å². The van der Waals surface area contributed by atoms with Gasteiger partial charge in [0.15, 0.2) is 0 Å². The van der Waals surface area contributed by atoms with Crippen molar-refractivity contribution < 1.29 is 10.2 Å². The normalized spacial score (nSPS) is 13.2. The Kier molecular flexibility index (Phi) is 4.65. The summed E-state index contributed by atoms with van der Waals surface area (Å²) in [5.41, 5.74) is 8.18. The Hall–Kier alpha value is -2.57. The number of nitrogens with one attached hydrogen (secondary N) is 2. The highest BCUT2D eigenvalue weighted by Gasteiger charge is 2.21. The first-order valence-electron chi connectivity index (χ1n) is 8.27. The van der Waals surface area contributed by atoms with Crippen molar-refractivity contribution in [1.82, 2.24) is 15.3 Å². The van der Waals surface area contributed by atoms with E-state index in [4.69, 9.17) is 5.73 Å². The van der Waals surface area contributed by atoms with Crippen LogP contribution in [0.3, 0.4) is 0 Å². The number of nitrogens with two attached hydrogens (primary N) is 1. The Morgan fingerprint density at radius 1 is 1.28 bits per heavy atom. The molecule has 1 unspecified atom stereocenters. The first-order valence-corrected chi connectivity index (χ1v) is 8.27. The van der Waals surface area contributed by atoms with Crippen molar-refractivity contribution in [2.24, 2.45) is 0 Å². The quantitative estimate of drug-likeness (QED) is 0.474. The van der Waals surface area contributed by atoms with Crippen molar-refractivity contribution in [2.45, 2.75) is 31.9 Å². The number of anilines is 1. The number of aromatic amines is 1. The molecule has 0 fully saturated rings. The molecular formula is C19H24N4O2. The summed E-state index contributed by atoms with van der Waals surface area (Å²) in [5, 5.41) is 24.5. The van der Waals surface area contributed by atoms with Crippen LogP contribution in [0.2, 0.25) is 0 Å². The van der Waals surface area contributed by atoms with Crippen LogP contribution < -0.4 is 11.1 Å². The molecule has 0 bridgehead atoms. The first kappa shape index (κ1) is 17.3. The second kappa shape index (κ2) is 6.74. The third-order valence-corrected chi connectivity index (χ3v) is 4.35. The molecule has 25 heavy (non-hydrogen) atoms. The van der Waals surface area contributed by atoms with Crippen molar-refractivity contribution in [3.05, 3.63) is 53.9 Å². The molecule has 3 rings (SSSR count). The molecule has 6 N–H and O–H groups in total. The number of benzene rings is 1. The van der Waals surface area contributed by atoms with Gasteiger partial charge in [0.2, 0.25) is 0 Å². The van der Waals surface area contributed by atoms with Gasteiger partial charge in [0.25, 0.3) is 0 Å². The zero-order chi connectivity index (χ0) is 18.0. The Labute approximate surface area is 146 Å². The average molecular weight is 340 g/mol. The zero-order valence-electron chi connectivity index (χ0n) is 14.5. The molecule has 6 heteroatoms. The topological polar surface area (TPSA) is 107 Å². The molecule has 1 aromatic carbocycles. The van der Waals surface area contributed by atoms with E-state index < -0.39 is 6.10 Å². The van der Waals surface area contributed by atoms with Gasteiger partial charge in [-0.25, -0.2) is 4.98 Å². The molecule has 2 heterocycles. The Bertz CT molecular complexity index is 855. The minimum Gasteiger partial charge on any atom is -0.508 e. The number of H-pyrrole nitrogens is 1. The molecule has 0 saturated carbocycles. The van der Waals surface area contributed by atoms with E-state index >= 15 is 0 Å². The van der Waals surface area contributed by atoms with Crippen LogP contribution in [0.25, 0.3) is 10.9 Å². The van der Waals surface area contributed by atoms with Crippen LogP contribution in [0.1, 0.15) is 31.1 Å². The molecule has 0 saturated heterocycles. The fourth-order valence-electron chi connectivity index (χ4n) is 2.96. The Morgan fingerprint density at radius 2 is 2.08 bits per heavy atom. The maximum atomic E-state index is 10.3. The number of fused-ring (bicyclic) bond motifs is 1. The summed E-state index contributed by atoms with van der Waals surface area (Å²) in [7, 11) is 0. The van der Waals surface area contributed by atoms with E-state index in [9.17, 15) is 10.2 Å². The fourth-order valence-corrected chi connectivity index (χ4v) is 2.96. The number of aromatic hydroxyl groups is 1. The second-order valence-electron chi connectivity index (χ2n) is 7.02. The summed E-state index contributed by atoms with van der Waals surface area (Å²) in [5.74, 6) is 0.692. The van der Waals surface area contributed by atoms with Gasteiger partial charge in [-0.3, -0.25) is 0 Å². The number of hydrogen-bond donors (Lipinski definition) is 5. The molecule has 0 aliphatic heterocycles. The van der Waals surface area contributed by atoms with Gasteiger partial charge in [0.05, 0.1) is 6.10 Å². The lowest BCUT2D eigenvalue weighted by Gasteiger charge is -2.28. The Balaban J connectivity index is 1.66. The standard InChI is InChI=1S/C19H24N4O2/c1-19(2,23-11-17(25)12-3-6-18(20)22-9-12)8-13-10-21-16-5-4-14(24)7-15(13)16/h3-7,9-10,17,21,23-25H,8,11H2,1-2H3,(H2,20,22). The third-order valence-electron chi connectivity index (χ3n) is 4.35. The van der Waals surface area contributed by atoms with Crippen molar-refractivity contribution in [1.29, 1.82) is 0 Å². The molecule has 0 aliphatic rings. The van der Waals surface area contributed by atoms with Crippen molar-refractivity contribution in [3.63, 3.8) is 0 Å². The monoisotopic (exact) mass is 340 g/mol. The van der Waals surface area contributed by atoms with Crippen LogP contribution in [0, 0.1) is 0 Å². The largest absolute Gasteiger partial charge is 0.508 e. The van der Waals surface area contributed by atoms with Gasteiger partial charge < -0.3 is 26.2 Å². The summed E-state index contributed by atoms with van der Waals surface area (Å²) in [4.78, 5) is 7.24. The highest BCUT2D eigenvalue weighted by atomic mass is 16.3. The maximum Gasteiger partial charge on any atom is 0.123 e. The number of nitrogen functional groups attached to an aromatic ring is 1. The number of aliphatic hydroxyl groups excluding tert-OH is 1. The van der Waals surface area contributed by atoms with Gasteiger partial charge in [-0.05, 0) is 50.1 Å². The molecule has 1 atom stereocenters. The molecule has 0 aliphatic carbocycles. The van der Waals surface area contributed by atoms with Gasteiger partial charge in [0, 0.05) is 40.9 Å². The zero-order valence-corrected chi connectivity index (χ0v) is 14.5. The predicted octanol–water partition coefficient (Wildman–Crippen LogP) is 2.49. The van der Waals surface area contributed by atoms with Crippen LogP contribution in [0.15, 0.2) is 42.7 Å². The summed E-state index contributed by atoms with van der Waals surface area (Å²) in [6.07, 6.45) is 3.66. The maximum absolute atomic E-state index is 10.3. The summed E-state index contributed by atoms with van der Waals surface area (Å²) in [6, 6.07) is 8.77. The van der Waals surface area contributed by atoms with E-state index in [0.29, 0.717) is 12.4 Å². The highest BCUT2D eigenvalue weighted by molar-refractivity contribution is 5.84. The van der Waals surface area contributed by atoms with Crippen LogP contribution in [0.4, 0.5) is 5.82 Å². The molecule has 0 amide bonds. The lowest BCUT2D eigenvalue weighted by molar-refractivity contribution is 0.160. The second-order valence-corrected chi connectivity index (χ2v) is 7.02. The van der Waals surface area contributed by atoms with Crippen LogP contribution in [-0.2, 0) is 6.42 Å². The van der Waals surface area contributed by atoms with Gasteiger partial charge in [-0.2, -0.15) is 0 Å². The number of hydrogen-bond acceptors (Lipinski definition) is 5. The number of β-amino-alcohol motifs (C(OH)–C–C–N with tert-alkyl or cyclic N) is 1. The molecular weight excluding hydrogens is 316 g/mol. The van der Waals surface area contributed by atoms with E-state index in [0.717, 1.165) is 28.5 Å². The lowest BCUT2D eigenvalue weighted by atomic mass is 9.94. The molecule has 2 aromatic heterocycles. The molecule has 132 valence electrons. The predicted molar refractivity (Wildman–Crippen MR) is 99.4 cm³/mol. The number of phenolic OH excluding ortho intramolecular Hbond substituents is 1. The minimum absolute atomic E-state index is 0.233. The average Bonchev–Trinajstić information content (AvgIpc) is 2.95. The van der Waals surface area contributed by atoms with Crippen LogP contribution >= 0.6 is 0 Å². The highest BCUT2D eigenvalue weighted by Crippen LogP contribution is 2.26. The van der Waals surface area contributed by atoms with Crippen molar-refractivity contribution >= 4 is 16.7 Å². The van der Waals surface area contributed by atoms with Crippen LogP contribution in [0.5, 0.6) is 5.75 Å². The molecule has 6 nitrogen and oxygen atoms in total.